The molecule has 4 rings (SSSR count). The molecular weight excluding hydrogens is 490 g/mol. The highest BCUT2D eigenvalue weighted by Gasteiger charge is 2.35. The van der Waals surface area contributed by atoms with Crippen LogP contribution in [0.5, 0.6) is 0 Å². The lowest BCUT2D eigenvalue weighted by molar-refractivity contribution is -0.253. The van der Waals surface area contributed by atoms with Gasteiger partial charge in [0.1, 0.15) is 6.54 Å². The van der Waals surface area contributed by atoms with Crippen molar-refractivity contribution in [2.45, 2.75) is 57.3 Å². The molecule has 2 aromatic rings. The molecule has 0 radical (unpaired) electrons. The molecule has 206 valence electrons. The van der Waals surface area contributed by atoms with Crippen LogP contribution < -0.4 is 10.6 Å². The van der Waals surface area contributed by atoms with Crippen LogP contribution in [0, 0.1) is 0 Å². The summed E-state index contributed by atoms with van der Waals surface area (Å²) in [6, 6.07) is 14.5. The number of nitrogens with zero attached hydrogens (tertiary/aromatic N) is 1. The monoisotopic (exact) mass is 527 g/mol. The van der Waals surface area contributed by atoms with E-state index in [9.17, 15) is 19.8 Å². The van der Waals surface area contributed by atoms with Crippen LogP contribution in [0.1, 0.15) is 55.3 Å². The molecule has 0 spiro atoms. The number of hydrogen-bond acceptors (Lipinski definition) is 8. The van der Waals surface area contributed by atoms with Crippen LogP contribution in [0.4, 0.5) is 10.5 Å². The summed E-state index contributed by atoms with van der Waals surface area (Å²) in [6.45, 7) is 3.44. The third-order valence-corrected chi connectivity index (χ3v) is 6.88. The topological polar surface area (TPSA) is 130 Å². The summed E-state index contributed by atoms with van der Waals surface area (Å²) in [5.74, 6) is -0.508. The largest absolute Gasteiger partial charge is 0.465 e. The first-order valence-electron chi connectivity index (χ1n) is 13.1. The SMILES string of the molecule is CCOC(=O)CNC(=O)Nc1cccc(C2OC(CN3CCCC3CO)CC(c3ccc(CO)cc3)O2)c1. The van der Waals surface area contributed by atoms with Gasteiger partial charge in [0.2, 0.25) is 0 Å². The van der Waals surface area contributed by atoms with Crippen molar-refractivity contribution in [3.8, 4) is 0 Å². The van der Waals surface area contributed by atoms with E-state index >= 15 is 0 Å². The van der Waals surface area contributed by atoms with Gasteiger partial charge in [0, 0.05) is 30.3 Å². The van der Waals surface area contributed by atoms with Crippen LogP contribution in [0.2, 0.25) is 0 Å². The molecule has 10 heteroatoms. The number of aliphatic hydroxyl groups excluding tert-OH is 2. The Morgan fingerprint density at radius 1 is 1.11 bits per heavy atom. The van der Waals surface area contributed by atoms with Crippen LogP contribution in [0.15, 0.2) is 48.5 Å². The third kappa shape index (κ3) is 7.52. The van der Waals surface area contributed by atoms with Gasteiger partial charge >= 0.3 is 12.0 Å². The van der Waals surface area contributed by atoms with E-state index in [0.717, 1.165) is 36.1 Å². The van der Waals surface area contributed by atoms with Crippen LogP contribution >= 0.6 is 0 Å². The highest BCUT2D eigenvalue weighted by molar-refractivity contribution is 5.91. The standard InChI is InChI=1S/C28H37N3O7/c1-2-36-26(34)15-29-28(35)30-22-6-3-5-21(13-22)27-37-24(16-31-12-4-7-23(31)18-33)14-25(38-27)20-10-8-19(17-32)9-11-20/h3,5-6,8-11,13,23-25,27,32-33H,2,4,7,12,14-18H2,1H3,(H2,29,30,35). The molecule has 2 saturated heterocycles. The summed E-state index contributed by atoms with van der Waals surface area (Å²) in [7, 11) is 0. The number of rotatable bonds is 10. The lowest BCUT2D eigenvalue weighted by Gasteiger charge is -2.38. The van der Waals surface area contributed by atoms with Crippen molar-refractivity contribution >= 4 is 17.7 Å². The molecule has 0 bridgehead atoms. The Kier molecular flexibility index (Phi) is 10.1. The minimum absolute atomic E-state index is 0.0230. The number of likely N-dealkylation sites (tertiary alicyclic amines) is 1. The molecule has 38 heavy (non-hydrogen) atoms. The van der Waals surface area contributed by atoms with Gasteiger partial charge in [-0.3, -0.25) is 9.69 Å². The molecule has 0 saturated carbocycles. The van der Waals surface area contributed by atoms with E-state index in [0.29, 0.717) is 18.7 Å². The Morgan fingerprint density at radius 2 is 1.92 bits per heavy atom. The Morgan fingerprint density at radius 3 is 2.66 bits per heavy atom. The zero-order chi connectivity index (χ0) is 26.9. The average Bonchev–Trinajstić information content (AvgIpc) is 3.39. The zero-order valence-corrected chi connectivity index (χ0v) is 21.7. The molecule has 2 fully saturated rings. The van der Waals surface area contributed by atoms with E-state index < -0.39 is 18.3 Å². The van der Waals surface area contributed by atoms with Crippen molar-refractivity contribution in [3.05, 3.63) is 65.2 Å². The Labute approximate surface area is 222 Å². The number of hydrogen-bond donors (Lipinski definition) is 4. The second-order valence-corrected chi connectivity index (χ2v) is 9.56. The molecule has 4 atom stereocenters. The van der Waals surface area contributed by atoms with E-state index in [1.54, 1.807) is 25.1 Å². The molecular formula is C28H37N3O7. The maximum absolute atomic E-state index is 12.3. The lowest BCUT2D eigenvalue weighted by Crippen LogP contribution is -2.42. The summed E-state index contributed by atoms with van der Waals surface area (Å²) in [6.07, 6.45) is 1.64. The normalized spacial score (nSPS) is 23.7. The molecule has 2 aliphatic rings. The maximum atomic E-state index is 12.3. The van der Waals surface area contributed by atoms with Gasteiger partial charge in [0.25, 0.3) is 0 Å². The van der Waals surface area contributed by atoms with Gasteiger partial charge < -0.3 is 35.1 Å². The zero-order valence-electron chi connectivity index (χ0n) is 21.7. The predicted molar refractivity (Wildman–Crippen MR) is 140 cm³/mol. The number of urea groups is 1. The molecule has 0 aliphatic carbocycles. The van der Waals surface area contributed by atoms with Crippen molar-refractivity contribution in [1.82, 2.24) is 10.2 Å². The predicted octanol–water partition coefficient (Wildman–Crippen LogP) is 2.87. The van der Waals surface area contributed by atoms with Crippen molar-refractivity contribution < 1.29 is 34.0 Å². The summed E-state index contributed by atoms with van der Waals surface area (Å²) in [4.78, 5) is 26.1. The number of amides is 2. The molecule has 2 aliphatic heterocycles. The van der Waals surface area contributed by atoms with E-state index in [1.807, 2.05) is 30.3 Å². The van der Waals surface area contributed by atoms with Crippen molar-refractivity contribution in [2.75, 3.05) is 38.2 Å². The minimum atomic E-state index is -0.671. The molecule has 4 N–H and O–H groups in total. The highest BCUT2D eigenvalue weighted by Crippen LogP contribution is 2.39. The fourth-order valence-corrected chi connectivity index (χ4v) is 4.94. The minimum Gasteiger partial charge on any atom is -0.465 e. The molecule has 2 heterocycles. The first-order chi connectivity index (χ1) is 18.5. The van der Waals surface area contributed by atoms with Crippen molar-refractivity contribution in [1.29, 1.82) is 0 Å². The maximum Gasteiger partial charge on any atom is 0.325 e. The van der Waals surface area contributed by atoms with Gasteiger partial charge in [-0.2, -0.15) is 0 Å². The van der Waals surface area contributed by atoms with Gasteiger partial charge in [-0.25, -0.2) is 4.79 Å². The van der Waals surface area contributed by atoms with Crippen LogP contribution in [-0.4, -0.2) is 72.1 Å². The number of ether oxygens (including phenoxy) is 3. The van der Waals surface area contributed by atoms with Crippen LogP contribution in [0.3, 0.4) is 0 Å². The molecule has 2 amide bonds. The van der Waals surface area contributed by atoms with Gasteiger partial charge in [0.15, 0.2) is 6.29 Å². The van der Waals surface area contributed by atoms with E-state index in [4.69, 9.17) is 14.2 Å². The lowest BCUT2D eigenvalue weighted by atomic mass is 9.99. The number of aliphatic hydroxyl groups is 2. The average molecular weight is 528 g/mol. The molecule has 10 nitrogen and oxygen atoms in total. The Hall–Kier alpha value is -3.02. The summed E-state index contributed by atoms with van der Waals surface area (Å²) < 4.78 is 17.6. The number of carbonyl (C=O) groups is 2. The van der Waals surface area contributed by atoms with Gasteiger partial charge in [-0.1, -0.05) is 36.4 Å². The summed E-state index contributed by atoms with van der Waals surface area (Å²) in [5.41, 5.74) is 3.10. The quantitative estimate of drug-likeness (QED) is 0.347. The van der Waals surface area contributed by atoms with Crippen LogP contribution in [0.25, 0.3) is 0 Å². The van der Waals surface area contributed by atoms with Crippen molar-refractivity contribution in [2.24, 2.45) is 0 Å². The van der Waals surface area contributed by atoms with E-state index in [1.165, 1.54) is 0 Å². The van der Waals surface area contributed by atoms with Gasteiger partial charge in [-0.15, -0.1) is 0 Å². The number of nitrogens with one attached hydrogen (secondary N) is 2. The Bertz CT molecular complexity index is 1060. The third-order valence-electron chi connectivity index (χ3n) is 6.88. The smallest absolute Gasteiger partial charge is 0.325 e. The number of benzene rings is 2. The Balaban J connectivity index is 1.48. The summed E-state index contributed by atoms with van der Waals surface area (Å²) in [5, 5.41) is 24.4. The summed E-state index contributed by atoms with van der Waals surface area (Å²) >= 11 is 0. The van der Waals surface area contributed by atoms with E-state index in [-0.39, 0.29) is 44.6 Å². The van der Waals surface area contributed by atoms with Gasteiger partial charge in [-0.05, 0) is 49.6 Å². The molecule has 0 aromatic heterocycles. The van der Waals surface area contributed by atoms with Crippen LogP contribution in [-0.2, 0) is 25.6 Å². The molecule has 2 aromatic carbocycles. The number of anilines is 1. The fraction of sp³-hybridized carbons (Fsp3) is 0.500. The van der Waals surface area contributed by atoms with E-state index in [2.05, 4.69) is 15.5 Å². The second-order valence-electron chi connectivity index (χ2n) is 9.56. The number of carbonyl (C=O) groups excluding carboxylic acids is 2. The van der Waals surface area contributed by atoms with Crippen molar-refractivity contribution in [3.63, 3.8) is 0 Å². The first-order valence-corrected chi connectivity index (χ1v) is 13.1. The second kappa shape index (κ2) is 13.7. The first kappa shape index (κ1) is 28.0. The molecule has 4 unspecified atom stereocenters. The number of esters is 1. The van der Waals surface area contributed by atoms with Gasteiger partial charge in [0.05, 0.1) is 32.0 Å². The fourth-order valence-electron chi connectivity index (χ4n) is 4.94. The highest BCUT2D eigenvalue weighted by atomic mass is 16.7.